The standard InChI is InChI=1S/C9H15NO2/c1-12-8(11)9-3-2-5-10(7-9)6-4-9/h2-7H2,1H3. The van der Waals surface area contributed by atoms with E-state index in [0.29, 0.717) is 0 Å². The minimum absolute atomic E-state index is 0.00435. The lowest BCUT2D eigenvalue weighted by Crippen LogP contribution is -2.40. The molecule has 2 saturated heterocycles. The summed E-state index contributed by atoms with van der Waals surface area (Å²) >= 11 is 0. The van der Waals surface area contributed by atoms with Gasteiger partial charge >= 0.3 is 5.97 Å². The predicted octanol–water partition coefficient (Wildman–Crippen LogP) is 0.645. The lowest BCUT2D eigenvalue weighted by Gasteiger charge is -2.30. The van der Waals surface area contributed by atoms with Crippen LogP contribution in [0, 0.1) is 5.41 Å². The van der Waals surface area contributed by atoms with E-state index in [1.165, 1.54) is 13.7 Å². The zero-order chi connectivity index (χ0) is 8.60. The Kier molecular flexibility index (Phi) is 1.83. The Bertz CT molecular complexity index is 201. The highest BCUT2D eigenvalue weighted by atomic mass is 16.5. The number of esters is 1. The number of ether oxygens (including phenoxy) is 1. The Morgan fingerprint density at radius 1 is 1.42 bits per heavy atom. The molecule has 2 aliphatic rings. The van der Waals surface area contributed by atoms with E-state index in [0.717, 1.165) is 32.4 Å². The molecule has 2 aliphatic heterocycles. The largest absolute Gasteiger partial charge is 0.469 e. The van der Waals surface area contributed by atoms with Crippen molar-refractivity contribution in [3.05, 3.63) is 0 Å². The quantitative estimate of drug-likeness (QED) is 0.540. The summed E-state index contributed by atoms with van der Waals surface area (Å²) in [6, 6.07) is 0. The van der Waals surface area contributed by atoms with Crippen molar-refractivity contribution in [1.29, 1.82) is 0 Å². The maximum absolute atomic E-state index is 11.5. The van der Waals surface area contributed by atoms with Gasteiger partial charge in [-0.2, -0.15) is 0 Å². The van der Waals surface area contributed by atoms with E-state index in [9.17, 15) is 4.79 Å². The highest BCUT2D eigenvalue weighted by Gasteiger charge is 2.47. The van der Waals surface area contributed by atoms with Gasteiger partial charge in [-0.15, -0.1) is 0 Å². The third kappa shape index (κ3) is 1.04. The van der Waals surface area contributed by atoms with Gasteiger partial charge in [-0.25, -0.2) is 0 Å². The second kappa shape index (κ2) is 2.73. The van der Waals surface area contributed by atoms with Crippen LogP contribution in [0.15, 0.2) is 0 Å². The van der Waals surface area contributed by atoms with E-state index >= 15 is 0 Å². The average Bonchev–Trinajstić information content (AvgIpc) is 2.42. The van der Waals surface area contributed by atoms with E-state index in [1.54, 1.807) is 0 Å². The zero-order valence-electron chi connectivity index (χ0n) is 7.51. The summed E-state index contributed by atoms with van der Waals surface area (Å²) in [4.78, 5) is 13.9. The third-order valence-corrected chi connectivity index (χ3v) is 3.18. The highest BCUT2D eigenvalue weighted by Crippen LogP contribution is 2.39. The first-order valence-electron chi connectivity index (χ1n) is 4.58. The van der Waals surface area contributed by atoms with Gasteiger partial charge in [0.1, 0.15) is 0 Å². The van der Waals surface area contributed by atoms with E-state index in [4.69, 9.17) is 4.74 Å². The zero-order valence-corrected chi connectivity index (χ0v) is 7.51. The van der Waals surface area contributed by atoms with Crippen molar-refractivity contribution in [3.63, 3.8) is 0 Å². The fourth-order valence-corrected chi connectivity index (χ4v) is 2.48. The molecule has 3 nitrogen and oxygen atoms in total. The third-order valence-electron chi connectivity index (χ3n) is 3.18. The summed E-state index contributed by atoms with van der Waals surface area (Å²) in [6.07, 6.45) is 3.17. The van der Waals surface area contributed by atoms with Gasteiger partial charge in [0.25, 0.3) is 0 Å². The first-order valence-corrected chi connectivity index (χ1v) is 4.58. The van der Waals surface area contributed by atoms with Crippen LogP contribution < -0.4 is 0 Å². The second-order valence-electron chi connectivity index (χ2n) is 3.90. The predicted molar refractivity (Wildman–Crippen MR) is 44.7 cm³/mol. The van der Waals surface area contributed by atoms with Crippen molar-refractivity contribution in [1.82, 2.24) is 4.90 Å². The topological polar surface area (TPSA) is 29.5 Å². The van der Waals surface area contributed by atoms with Crippen LogP contribution in [0.5, 0.6) is 0 Å². The van der Waals surface area contributed by atoms with Gasteiger partial charge in [-0.05, 0) is 32.4 Å². The van der Waals surface area contributed by atoms with Gasteiger partial charge in [0.15, 0.2) is 0 Å². The molecule has 0 aliphatic carbocycles. The number of fused-ring (bicyclic) bond motifs is 2. The van der Waals surface area contributed by atoms with Crippen LogP contribution in [0.3, 0.4) is 0 Å². The molecule has 68 valence electrons. The molecular formula is C9H15NO2. The van der Waals surface area contributed by atoms with Crippen molar-refractivity contribution >= 4 is 5.97 Å². The molecule has 2 fully saturated rings. The van der Waals surface area contributed by atoms with E-state index in [1.807, 2.05) is 0 Å². The summed E-state index contributed by atoms with van der Waals surface area (Å²) < 4.78 is 4.84. The number of piperidine rings is 1. The summed E-state index contributed by atoms with van der Waals surface area (Å²) in [5, 5.41) is 0. The smallest absolute Gasteiger partial charge is 0.313 e. The first kappa shape index (κ1) is 8.05. The Labute approximate surface area is 72.7 Å². The molecule has 0 spiro atoms. The molecule has 0 saturated carbocycles. The van der Waals surface area contributed by atoms with Gasteiger partial charge < -0.3 is 9.64 Å². The number of hydrogen-bond donors (Lipinski definition) is 0. The lowest BCUT2D eigenvalue weighted by molar-refractivity contribution is -0.153. The van der Waals surface area contributed by atoms with Crippen LogP contribution >= 0.6 is 0 Å². The van der Waals surface area contributed by atoms with Crippen LogP contribution in [0.25, 0.3) is 0 Å². The Balaban J connectivity index is 2.15. The van der Waals surface area contributed by atoms with Crippen molar-refractivity contribution in [2.45, 2.75) is 19.3 Å². The van der Waals surface area contributed by atoms with Gasteiger partial charge in [-0.1, -0.05) is 0 Å². The van der Waals surface area contributed by atoms with Crippen LogP contribution in [-0.4, -0.2) is 37.6 Å². The van der Waals surface area contributed by atoms with Crippen molar-refractivity contribution in [3.8, 4) is 0 Å². The minimum atomic E-state index is -0.132. The minimum Gasteiger partial charge on any atom is -0.469 e. The van der Waals surface area contributed by atoms with Crippen LogP contribution in [0.4, 0.5) is 0 Å². The summed E-state index contributed by atoms with van der Waals surface area (Å²) in [6.45, 7) is 3.17. The molecule has 0 amide bonds. The summed E-state index contributed by atoms with van der Waals surface area (Å²) in [7, 11) is 1.49. The van der Waals surface area contributed by atoms with Gasteiger partial charge in [0.05, 0.1) is 12.5 Å². The van der Waals surface area contributed by atoms with Gasteiger partial charge in [0.2, 0.25) is 0 Å². The van der Waals surface area contributed by atoms with Crippen molar-refractivity contribution in [2.24, 2.45) is 5.41 Å². The summed E-state index contributed by atoms with van der Waals surface area (Å²) in [5.41, 5.74) is -0.132. The number of methoxy groups -OCH3 is 1. The number of rotatable bonds is 1. The maximum Gasteiger partial charge on any atom is 0.313 e. The van der Waals surface area contributed by atoms with E-state index < -0.39 is 0 Å². The Hall–Kier alpha value is -0.570. The van der Waals surface area contributed by atoms with Gasteiger partial charge in [-0.3, -0.25) is 4.79 Å². The lowest BCUT2D eigenvalue weighted by atomic mass is 9.81. The van der Waals surface area contributed by atoms with Crippen LogP contribution in [0.1, 0.15) is 19.3 Å². The SMILES string of the molecule is COC(=O)C12CCCN(CC1)C2. The molecule has 0 aromatic carbocycles. The Morgan fingerprint density at radius 3 is 3.00 bits per heavy atom. The first-order chi connectivity index (χ1) is 5.77. The maximum atomic E-state index is 11.5. The molecule has 2 unspecified atom stereocenters. The highest BCUT2D eigenvalue weighted by molar-refractivity contribution is 5.77. The van der Waals surface area contributed by atoms with Crippen LogP contribution in [-0.2, 0) is 9.53 Å². The molecule has 12 heavy (non-hydrogen) atoms. The monoisotopic (exact) mass is 169 g/mol. The molecule has 2 bridgehead atoms. The number of carbonyl (C=O) groups excluding carboxylic acids is 1. The normalized spacial score (nSPS) is 39.6. The fourth-order valence-electron chi connectivity index (χ4n) is 2.48. The molecule has 2 heterocycles. The Morgan fingerprint density at radius 2 is 2.25 bits per heavy atom. The van der Waals surface area contributed by atoms with Crippen molar-refractivity contribution in [2.75, 3.05) is 26.7 Å². The molecule has 0 N–H and O–H groups in total. The molecular weight excluding hydrogens is 154 g/mol. The second-order valence-corrected chi connectivity index (χ2v) is 3.90. The van der Waals surface area contributed by atoms with Crippen LogP contribution in [0.2, 0.25) is 0 Å². The molecule has 0 aromatic rings. The fraction of sp³-hybridized carbons (Fsp3) is 0.889. The molecule has 3 heteroatoms. The average molecular weight is 169 g/mol. The van der Waals surface area contributed by atoms with E-state index in [2.05, 4.69) is 4.90 Å². The summed E-state index contributed by atoms with van der Waals surface area (Å²) in [5.74, 6) is 0.00435. The molecule has 0 radical (unpaired) electrons. The van der Waals surface area contributed by atoms with Crippen molar-refractivity contribution < 1.29 is 9.53 Å². The van der Waals surface area contributed by atoms with E-state index in [-0.39, 0.29) is 11.4 Å². The number of hydrogen-bond acceptors (Lipinski definition) is 3. The van der Waals surface area contributed by atoms with Gasteiger partial charge in [0, 0.05) is 6.54 Å². The molecule has 0 aromatic heterocycles. The molecule has 2 atom stereocenters. The number of carbonyl (C=O) groups is 1. The number of nitrogens with zero attached hydrogens (tertiary/aromatic N) is 1. The molecule has 2 rings (SSSR count).